The van der Waals surface area contributed by atoms with Gasteiger partial charge < -0.3 is 5.11 Å². The molecule has 1 N–H and O–H groups in total. The SMILES string of the molecule is CC(C)C(C)N1CCC(C(=O)O)C1C. The third kappa shape index (κ3) is 2.08. The molecule has 1 fully saturated rings. The molecule has 3 nitrogen and oxygen atoms in total. The topological polar surface area (TPSA) is 40.5 Å². The lowest BCUT2D eigenvalue weighted by Crippen LogP contribution is -2.41. The first-order valence-electron chi connectivity index (χ1n) is 5.43. The maximum Gasteiger partial charge on any atom is 0.308 e. The number of carboxylic acid groups (broad SMARTS) is 1. The molecule has 0 aromatic rings. The van der Waals surface area contributed by atoms with Crippen LogP contribution in [0, 0.1) is 11.8 Å². The van der Waals surface area contributed by atoms with Crippen molar-refractivity contribution < 1.29 is 9.90 Å². The minimum Gasteiger partial charge on any atom is -0.481 e. The molecule has 3 unspecified atom stereocenters. The van der Waals surface area contributed by atoms with E-state index in [2.05, 4.69) is 25.7 Å². The Kier molecular flexibility index (Phi) is 3.53. The van der Waals surface area contributed by atoms with Gasteiger partial charge in [0.2, 0.25) is 0 Å². The monoisotopic (exact) mass is 199 g/mol. The summed E-state index contributed by atoms with van der Waals surface area (Å²) >= 11 is 0. The minimum absolute atomic E-state index is 0.170. The predicted octanol–water partition coefficient (Wildman–Crippen LogP) is 1.83. The second kappa shape index (κ2) is 4.30. The lowest BCUT2D eigenvalue weighted by Gasteiger charge is -2.32. The van der Waals surface area contributed by atoms with Gasteiger partial charge in [-0.1, -0.05) is 13.8 Å². The molecule has 1 aliphatic rings. The highest BCUT2D eigenvalue weighted by Gasteiger charge is 2.38. The van der Waals surface area contributed by atoms with E-state index in [1.165, 1.54) is 0 Å². The second-order valence-electron chi connectivity index (χ2n) is 4.70. The van der Waals surface area contributed by atoms with E-state index < -0.39 is 5.97 Å². The first kappa shape index (κ1) is 11.5. The lowest BCUT2D eigenvalue weighted by atomic mass is 10.00. The normalized spacial score (nSPS) is 30.9. The number of rotatable bonds is 3. The summed E-state index contributed by atoms with van der Waals surface area (Å²) < 4.78 is 0. The van der Waals surface area contributed by atoms with E-state index in [-0.39, 0.29) is 12.0 Å². The van der Waals surface area contributed by atoms with E-state index in [9.17, 15) is 4.79 Å². The van der Waals surface area contributed by atoms with Crippen molar-refractivity contribution in [2.45, 2.75) is 46.2 Å². The van der Waals surface area contributed by atoms with Gasteiger partial charge in [0.05, 0.1) is 5.92 Å². The van der Waals surface area contributed by atoms with Gasteiger partial charge in [0.25, 0.3) is 0 Å². The molecule has 0 aromatic heterocycles. The van der Waals surface area contributed by atoms with Crippen LogP contribution < -0.4 is 0 Å². The van der Waals surface area contributed by atoms with E-state index >= 15 is 0 Å². The van der Waals surface area contributed by atoms with Crippen LogP contribution in [0.1, 0.15) is 34.1 Å². The van der Waals surface area contributed by atoms with E-state index in [4.69, 9.17) is 5.11 Å². The predicted molar refractivity (Wildman–Crippen MR) is 56.2 cm³/mol. The van der Waals surface area contributed by atoms with Crippen LogP contribution in [-0.4, -0.2) is 34.6 Å². The van der Waals surface area contributed by atoms with Gasteiger partial charge in [0, 0.05) is 12.1 Å². The van der Waals surface area contributed by atoms with Crippen LogP contribution in [0.2, 0.25) is 0 Å². The Morgan fingerprint density at radius 1 is 1.43 bits per heavy atom. The van der Waals surface area contributed by atoms with Crippen LogP contribution in [0.3, 0.4) is 0 Å². The van der Waals surface area contributed by atoms with Gasteiger partial charge >= 0.3 is 5.97 Å². The minimum atomic E-state index is -0.643. The Morgan fingerprint density at radius 2 is 2.00 bits per heavy atom. The van der Waals surface area contributed by atoms with Crippen LogP contribution in [0.25, 0.3) is 0 Å². The third-order valence-corrected chi connectivity index (χ3v) is 3.61. The summed E-state index contributed by atoms with van der Waals surface area (Å²) in [5, 5.41) is 9.00. The van der Waals surface area contributed by atoms with Crippen LogP contribution in [0.5, 0.6) is 0 Å². The quantitative estimate of drug-likeness (QED) is 0.753. The average molecular weight is 199 g/mol. The standard InChI is InChI=1S/C11H21NO2/c1-7(2)8(3)12-6-5-10(9(12)4)11(13)14/h7-10H,5-6H2,1-4H3,(H,13,14). The highest BCUT2D eigenvalue weighted by atomic mass is 16.4. The highest BCUT2D eigenvalue weighted by molar-refractivity contribution is 5.71. The molecule has 14 heavy (non-hydrogen) atoms. The summed E-state index contributed by atoms with van der Waals surface area (Å²) in [7, 11) is 0. The van der Waals surface area contributed by atoms with E-state index in [0.717, 1.165) is 13.0 Å². The first-order chi connectivity index (χ1) is 6.45. The Bertz CT molecular complexity index is 215. The summed E-state index contributed by atoms with van der Waals surface area (Å²) in [4.78, 5) is 13.2. The zero-order valence-corrected chi connectivity index (χ0v) is 9.53. The maximum atomic E-state index is 10.9. The highest BCUT2D eigenvalue weighted by Crippen LogP contribution is 2.28. The largest absolute Gasteiger partial charge is 0.481 e. The number of hydrogen-bond acceptors (Lipinski definition) is 2. The second-order valence-corrected chi connectivity index (χ2v) is 4.70. The molecule has 0 bridgehead atoms. The summed E-state index contributed by atoms with van der Waals surface area (Å²) in [6.45, 7) is 9.52. The van der Waals surface area contributed by atoms with E-state index in [1.54, 1.807) is 0 Å². The Balaban J connectivity index is 2.63. The Morgan fingerprint density at radius 3 is 2.36 bits per heavy atom. The first-order valence-corrected chi connectivity index (χ1v) is 5.43. The molecule has 0 radical (unpaired) electrons. The molecule has 3 atom stereocenters. The Labute approximate surface area is 86.1 Å². The zero-order valence-electron chi connectivity index (χ0n) is 9.53. The molecule has 1 rings (SSSR count). The molecule has 0 spiro atoms. The maximum absolute atomic E-state index is 10.9. The van der Waals surface area contributed by atoms with Gasteiger partial charge in [0.15, 0.2) is 0 Å². The van der Waals surface area contributed by atoms with Gasteiger partial charge in [-0.25, -0.2) is 0 Å². The van der Waals surface area contributed by atoms with Gasteiger partial charge in [0.1, 0.15) is 0 Å². The fourth-order valence-corrected chi connectivity index (χ4v) is 2.25. The van der Waals surface area contributed by atoms with Gasteiger partial charge in [-0.2, -0.15) is 0 Å². The van der Waals surface area contributed by atoms with Crippen molar-refractivity contribution in [2.75, 3.05) is 6.54 Å². The molecule has 3 heteroatoms. The molecule has 82 valence electrons. The molecule has 0 saturated carbocycles. The number of carboxylic acids is 1. The van der Waals surface area contributed by atoms with Gasteiger partial charge in [-0.05, 0) is 32.7 Å². The van der Waals surface area contributed by atoms with Crippen molar-refractivity contribution in [3.8, 4) is 0 Å². The van der Waals surface area contributed by atoms with Crippen molar-refractivity contribution in [1.29, 1.82) is 0 Å². The van der Waals surface area contributed by atoms with Crippen molar-refractivity contribution in [3.05, 3.63) is 0 Å². The molecular weight excluding hydrogens is 178 g/mol. The summed E-state index contributed by atoms with van der Waals surface area (Å²) in [5.74, 6) is -0.225. The smallest absolute Gasteiger partial charge is 0.308 e. The van der Waals surface area contributed by atoms with Crippen LogP contribution >= 0.6 is 0 Å². The summed E-state index contributed by atoms with van der Waals surface area (Å²) in [6.07, 6.45) is 0.799. The molecule has 1 aliphatic heterocycles. The number of hydrogen-bond donors (Lipinski definition) is 1. The molecule has 0 aromatic carbocycles. The van der Waals surface area contributed by atoms with Crippen LogP contribution in [0.4, 0.5) is 0 Å². The summed E-state index contributed by atoms with van der Waals surface area (Å²) in [6, 6.07) is 0.666. The van der Waals surface area contributed by atoms with Crippen molar-refractivity contribution in [3.63, 3.8) is 0 Å². The number of carbonyl (C=O) groups is 1. The van der Waals surface area contributed by atoms with Crippen LogP contribution in [-0.2, 0) is 4.79 Å². The van der Waals surface area contributed by atoms with Gasteiger partial charge in [-0.3, -0.25) is 9.69 Å². The Hall–Kier alpha value is -0.570. The van der Waals surface area contributed by atoms with E-state index in [1.807, 2.05) is 6.92 Å². The number of nitrogens with zero attached hydrogens (tertiary/aromatic N) is 1. The fourth-order valence-electron chi connectivity index (χ4n) is 2.25. The average Bonchev–Trinajstić information content (AvgIpc) is 2.45. The number of likely N-dealkylation sites (tertiary alicyclic amines) is 1. The van der Waals surface area contributed by atoms with Crippen molar-refractivity contribution in [2.24, 2.45) is 11.8 Å². The van der Waals surface area contributed by atoms with E-state index in [0.29, 0.717) is 12.0 Å². The lowest BCUT2D eigenvalue weighted by molar-refractivity contribution is -0.142. The van der Waals surface area contributed by atoms with Crippen molar-refractivity contribution in [1.82, 2.24) is 4.90 Å². The molecule has 0 amide bonds. The molecule has 0 aliphatic carbocycles. The molecular formula is C11H21NO2. The number of aliphatic carboxylic acids is 1. The van der Waals surface area contributed by atoms with Crippen LogP contribution in [0.15, 0.2) is 0 Å². The van der Waals surface area contributed by atoms with Crippen molar-refractivity contribution >= 4 is 5.97 Å². The molecule has 1 heterocycles. The zero-order chi connectivity index (χ0) is 10.9. The third-order valence-electron chi connectivity index (χ3n) is 3.61. The summed E-state index contributed by atoms with van der Waals surface area (Å²) in [5.41, 5.74) is 0. The van der Waals surface area contributed by atoms with Gasteiger partial charge in [-0.15, -0.1) is 0 Å². The molecule has 1 saturated heterocycles. The fraction of sp³-hybridized carbons (Fsp3) is 0.909.